The smallest absolute Gasteiger partial charge is 0.0492 e. The molecule has 110 valence electrons. The zero-order valence-electron chi connectivity index (χ0n) is 12.3. The van der Waals surface area contributed by atoms with Crippen LogP contribution in [0, 0.1) is 0 Å². The van der Waals surface area contributed by atoms with Crippen LogP contribution in [0.4, 0.5) is 0 Å². The van der Waals surface area contributed by atoms with E-state index in [2.05, 4.69) is 41.5 Å². The highest BCUT2D eigenvalue weighted by Crippen LogP contribution is 2.28. The van der Waals surface area contributed by atoms with E-state index in [-0.39, 0.29) is 17.9 Å². The molecule has 0 amide bonds. The van der Waals surface area contributed by atoms with E-state index in [1.54, 1.807) is 0 Å². The molecule has 1 aliphatic rings. The molecular formula is C14H27ClN4. The number of hydrogen-bond acceptors (Lipinski definition) is 3. The highest BCUT2D eigenvalue weighted by atomic mass is 35.5. The van der Waals surface area contributed by atoms with Crippen molar-refractivity contribution in [3.63, 3.8) is 0 Å². The molecule has 0 aromatic carbocycles. The normalized spacial score (nSPS) is 18.3. The lowest BCUT2D eigenvalue weighted by atomic mass is 9.92. The Kier molecular flexibility index (Phi) is 5.83. The molecule has 4 nitrogen and oxygen atoms in total. The number of hydrogen-bond donors (Lipinski definition) is 1. The summed E-state index contributed by atoms with van der Waals surface area (Å²) in [6.45, 7) is 10.6. The number of halogens is 1. The topological polar surface area (TPSA) is 47.1 Å². The zero-order valence-corrected chi connectivity index (χ0v) is 13.1. The largest absolute Gasteiger partial charge is 0.324 e. The second-order valence-electron chi connectivity index (χ2n) is 6.11. The van der Waals surface area contributed by atoms with Gasteiger partial charge in [-0.2, -0.15) is 5.10 Å². The van der Waals surface area contributed by atoms with Gasteiger partial charge in [0.05, 0.1) is 0 Å². The predicted molar refractivity (Wildman–Crippen MR) is 81.8 cm³/mol. The Morgan fingerprint density at radius 3 is 2.53 bits per heavy atom. The first kappa shape index (κ1) is 16.5. The Morgan fingerprint density at radius 1 is 1.37 bits per heavy atom. The Balaban J connectivity index is 0.00000180. The first-order valence-corrected chi connectivity index (χ1v) is 7.02. The van der Waals surface area contributed by atoms with Crippen molar-refractivity contribution < 1.29 is 0 Å². The molecule has 5 heteroatoms. The fourth-order valence-electron chi connectivity index (χ4n) is 2.92. The maximum Gasteiger partial charge on any atom is 0.0492 e. The summed E-state index contributed by atoms with van der Waals surface area (Å²) in [4.78, 5) is 2.49. The summed E-state index contributed by atoms with van der Waals surface area (Å²) in [7, 11) is 0. The van der Waals surface area contributed by atoms with Crippen molar-refractivity contribution >= 4 is 12.4 Å². The van der Waals surface area contributed by atoms with Crippen LogP contribution in [0.2, 0.25) is 0 Å². The highest BCUT2D eigenvalue weighted by molar-refractivity contribution is 5.85. The van der Waals surface area contributed by atoms with Gasteiger partial charge < -0.3 is 10.6 Å². The zero-order chi connectivity index (χ0) is 13.2. The van der Waals surface area contributed by atoms with E-state index < -0.39 is 0 Å². The molecule has 2 heterocycles. The van der Waals surface area contributed by atoms with Gasteiger partial charge in [-0.05, 0) is 52.8 Å². The molecule has 2 rings (SSSR count). The second kappa shape index (κ2) is 6.73. The van der Waals surface area contributed by atoms with Crippen LogP contribution in [0.3, 0.4) is 0 Å². The third-order valence-corrected chi connectivity index (χ3v) is 3.69. The number of rotatable bonds is 4. The summed E-state index contributed by atoms with van der Waals surface area (Å²) in [6, 6.07) is 2.18. The molecule has 0 saturated carbocycles. The van der Waals surface area contributed by atoms with Crippen LogP contribution in [0.1, 0.15) is 45.2 Å². The van der Waals surface area contributed by atoms with Gasteiger partial charge in [0.25, 0.3) is 0 Å². The first-order chi connectivity index (χ1) is 8.49. The van der Waals surface area contributed by atoms with Gasteiger partial charge >= 0.3 is 0 Å². The van der Waals surface area contributed by atoms with Gasteiger partial charge in [-0.3, -0.25) is 4.68 Å². The van der Waals surface area contributed by atoms with Crippen molar-refractivity contribution in [2.75, 3.05) is 19.6 Å². The van der Waals surface area contributed by atoms with Crippen LogP contribution in [0.5, 0.6) is 0 Å². The molecule has 1 saturated heterocycles. The lowest BCUT2D eigenvalue weighted by Gasteiger charge is -2.35. The molecule has 19 heavy (non-hydrogen) atoms. The second-order valence-corrected chi connectivity index (χ2v) is 6.11. The van der Waals surface area contributed by atoms with Gasteiger partial charge in [0.15, 0.2) is 0 Å². The minimum absolute atomic E-state index is 0. The van der Waals surface area contributed by atoms with Gasteiger partial charge in [0.1, 0.15) is 0 Å². The average molecular weight is 287 g/mol. The van der Waals surface area contributed by atoms with E-state index >= 15 is 0 Å². The summed E-state index contributed by atoms with van der Waals surface area (Å²) in [6.07, 6.45) is 4.37. The number of aryl methyl sites for hydroxylation is 1. The van der Waals surface area contributed by atoms with Crippen molar-refractivity contribution in [2.24, 2.45) is 5.73 Å². The molecule has 1 fully saturated rings. The third-order valence-electron chi connectivity index (χ3n) is 3.69. The average Bonchev–Trinajstić information content (AvgIpc) is 2.76. The minimum atomic E-state index is -0.0853. The van der Waals surface area contributed by atoms with Crippen molar-refractivity contribution in [2.45, 2.75) is 51.6 Å². The highest BCUT2D eigenvalue weighted by Gasteiger charge is 2.25. The van der Waals surface area contributed by atoms with Gasteiger partial charge in [0, 0.05) is 36.4 Å². The van der Waals surface area contributed by atoms with Crippen LogP contribution in [-0.4, -0.2) is 39.9 Å². The van der Waals surface area contributed by atoms with Crippen LogP contribution >= 0.6 is 12.4 Å². The summed E-state index contributed by atoms with van der Waals surface area (Å²) in [5.74, 6) is 0.671. The van der Waals surface area contributed by atoms with Crippen LogP contribution in [-0.2, 0) is 6.54 Å². The predicted octanol–water partition coefficient (Wildman–Crippen LogP) is 2.24. The Morgan fingerprint density at radius 2 is 2.00 bits per heavy atom. The van der Waals surface area contributed by atoms with Gasteiger partial charge in [-0.15, -0.1) is 12.4 Å². The van der Waals surface area contributed by atoms with Crippen molar-refractivity contribution in [3.8, 4) is 0 Å². The van der Waals surface area contributed by atoms with E-state index in [4.69, 9.17) is 5.73 Å². The van der Waals surface area contributed by atoms with Crippen molar-refractivity contribution in [3.05, 3.63) is 18.0 Å². The van der Waals surface area contributed by atoms with Gasteiger partial charge in [-0.25, -0.2) is 0 Å². The summed E-state index contributed by atoms with van der Waals surface area (Å²) < 4.78 is 2.13. The monoisotopic (exact) mass is 286 g/mol. The summed E-state index contributed by atoms with van der Waals surface area (Å²) >= 11 is 0. The number of nitrogens with zero attached hydrogens (tertiary/aromatic N) is 3. The Hall–Kier alpha value is -0.580. The molecule has 0 aliphatic carbocycles. The molecule has 1 aromatic rings. The maximum atomic E-state index is 6.09. The molecule has 0 unspecified atom stereocenters. The van der Waals surface area contributed by atoms with Crippen LogP contribution < -0.4 is 5.73 Å². The van der Waals surface area contributed by atoms with Crippen molar-refractivity contribution in [1.82, 2.24) is 14.7 Å². The standard InChI is InChI=1S/C14H26N4.ClH/c1-4-18-13(5-8-16-18)12-6-9-17(10-7-12)11-14(2,3)15;/h5,8,12H,4,6-7,9-11,15H2,1-3H3;1H. The first-order valence-electron chi connectivity index (χ1n) is 7.02. The van der Waals surface area contributed by atoms with E-state index in [1.165, 1.54) is 18.5 Å². The molecule has 0 bridgehead atoms. The van der Waals surface area contributed by atoms with Crippen LogP contribution in [0.15, 0.2) is 12.3 Å². The summed E-state index contributed by atoms with van der Waals surface area (Å²) in [5, 5.41) is 4.37. The van der Waals surface area contributed by atoms with E-state index in [9.17, 15) is 0 Å². The quantitative estimate of drug-likeness (QED) is 0.923. The van der Waals surface area contributed by atoms with E-state index in [0.29, 0.717) is 5.92 Å². The Labute approximate surface area is 122 Å². The fraction of sp³-hybridized carbons (Fsp3) is 0.786. The SMILES string of the molecule is CCn1nccc1C1CCN(CC(C)(C)N)CC1.Cl. The molecule has 0 spiro atoms. The van der Waals surface area contributed by atoms with E-state index in [0.717, 1.165) is 26.2 Å². The van der Waals surface area contributed by atoms with Crippen LogP contribution in [0.25, 0.3) is 0 Å². The van der Waals surface area contributed by atoms with Gasteiger partial charge in [-0.1, -0.05) is 0 Å². The minimum Gasteiger partial charge on any atom is -0.324 e. The molecule has 1 aliphatic heterocycles. The number of nitrogens with two attached hydrogens (primary N) is 1. The summed E-state index contributed by atoms with van der Waals surface area (Å²) in [5.41, 5.74) is 7.41. The number of likely N-dealkylation sites (tertiary alicyclic amines) is 1. The lowest BCUT2D eigenvalue weighted by Crippen LogP contribution is -2.47. The molecular weight excluding hydrogens is 260 g/mol. The fourth-order valence-corrected chi connectivity index (χ4v) is 2.92. The molecule has 2 N–H and O–H groups in total. The maximum absolute atomic E-state index is 6.09. The Bertz CT molecular complexity index is 375. The molecule has 1 aromatic heterocycles. The van der Waals surface area contributed by atoms with E-state index in [1.807, 2.05) is 6.20 Å². The number of piperidine rings is 1. The van der Waals surface area contributed by atoms with Gasteiger partial charge in [0.2, 0.25) is 0 Å². The number of aromatic nitrogens is 2. The molecule has 0 radical (unpaired) electrons. The lowest BCUT2D eigenvalue weighted by molar-refractivity contribution is 0.177. The van der Waals surface area contributed by atoms with Crippen molar-refractivity contribution in [1.29, 1.82) is 0 Å². The third kappa shape index (κ3) is 4.48. The molecule has 0 atom stereocenters.